The third-order valence-corrected chi connectivity index (χ3v) is 3.78. The first kappa shape index (κ1) is 14.7. The summed E-state index contributed by atoms with van der Waals surface area (Å²) < 4.78 is 11.6. The number of halogens is 1. The van der Waals surface area contributed by atoms with E-state index < -0.39 is 0 Å². The van der Waals surface area contributed by atoms with Gasteiger partial charge in [-0.15, -0.1) is 5.10 Å². The maximum absolute atomic E-state index is 5.36. The second kappa shape index (κ2) is 6.32. The van der Waals surface area contributed by atoms with Crippen molar-refractivity contribution < 1.29 is 9.47 Å². The molecule has 0 radical (unpaired) electrons. The highest BCUT2D eigenvalue weighted by molar-refractivity contribution is 9.10. The summed E-state index contributed by atoms with van der Waals surface area (Å²) in [5.41, 5.74) is 1.69. The van der Waals surface area contributed by atoms with E-state index in [0.717, 1.165) is 21.6 Å². The molecule has 120 valence electrons. The Kier molecular flexibility index (Phi) is 3.87. The maximum Gasteiger partial charge on any atom is 0.249 e. The summed E-state index contributed by atoms with van der Waals surface area (Å²) in [5.74, 6) is 2.41. The molecule has 1 aromatic heterocycles. The molecule has 0 saturated carbocycles. The molecule has 2 aromatic carbocycles. The number of aromatic nitrogens is 3. The Balaban J connectivity index is 1.52. The molecular formula is C16H12BrN5O2. The van der Waals surface area contributed by atoms with E-state index >= 15 is 0 Å². The summed E-state index contributed by atoms with van der Waals surface area (Å²) >= 11 is 3.43. The van der Waals surface area contributed by atoms with Crippen molar-refractivity contribution in [3.8, 4) is 11.5 Å². The minimum atomic E-state index is 0.245. The van der Waals surface area contributed by atoms with Crippen LogP contribution in [-0.2, 0) is 0 Å². The quantitative estimate of drug-likeness (QED) is 0.705. The van der Waals surface area contributed by atoms with Crippen molar-refractivity contribution in [3.05, 3.63) is 53.1 Å². The summed E-state index contributed by atoms with van der Waals surface area (Å²) in [6, 6.07) is 13.3. The number of anilines is 4. The number of nitrogens with zero attached hydrogens (tertiary/aromatic N) is 3. The van der Waals surface area contributed by atoms with E-state index in [9.17, 15) is 0 Å². The van der Waals surface area contributed by atoms with Gasteiger partial charge in [-0.05, 0) is 30.3 Å². The molecule has 2 heterocycles. The fourth-order valence-corrected chi connectivity index (χ4v) is 2.63. The van der Waals surface area contributed by atoms with Gasteiger partial charge in [-0.1, -0.05) is 22.0 Å². The first-order chi connectivity index (χ1) is 11.8. The van der Waals surface area contributed by atoms with Gasteiger partial charge in [0, 0.05) is 21.9 Å². The van der Waals surface area contributed by atoms with Crippen LogP contribution in [0.25, 0.3) is 0 Å². The third kappa shape index (κ3) is 3.23. The SMILES string of the molecule is Brc1cccc(Nc2nncc(Nc3ccc4c(c3)OCO4)n2)c1. The van der Waals surface area contributed by atoms with Crippen molar-refractivity contribution in [3.63, 3.8) is 0 Å². The second-order valence-corrected chi connectivity index (χ2v) is 5.91. The van der Waals surface area contributed by atoms with Crippen molar-refractivity contribution in [1.29, 1.82) is 0 Å². The van der Waals surface area contributed by atoms with Gasteiger partial charge < -0.3 is 20.1 Å². The first-order valence-corrected chi connectivity index (χ1v) is 7.94. The van der Waals surface area contributed by atoms with Crippen molar-refractivity contribution >= 4 is 39.1 Å². The highest BCUT2D eigenvalue weighted by atomic mass is 79.9. The van der Waals surface area contributed by atoms with Gasteiger partial charge in [-0.25, -0.2) is 0 Å². The summed E-state index contributed by atoms with van der Waals surface area (Å²) in [4.78, 5) is 4.40. The van der Waals surface area contributed by atoms with Crippen molar-refractivity contribution in [2.24, 2.45) is 0 Å². The van der Waals surface area contributed by atoms with Crippen molar-refractivity contribution in [2.75, 3.05) is 17.4 Å². The second-order valence-electron chi connectivity index (χ2n) is 4.99. The highest BCUT2D eigenvalue weighted by Crippen LogP contribution is 2.34. The number of ether oxygens (including phenoxy) is 2. The Hall–Kier alpha value is -2.87. The summed E-state index contributed by atoms with van der Waals surface area (Å²) in [7, 11) is 0. The van der Waals surface area contributed by atoms with Crippen molar-refractivity contribution in [2.45, 2.75) is 0 Å². The zero-order valence-electron chi connectivity index (χ0n) is 12.4. The fourth-order valence-electron chi connectivity index (χ4n) is 2.23. The van der Waals surface area contributed by atoms with Gasteiger partial charge >= 0.3 is 0 Å². The Labute approximate surface area is 146 Å². The molecule has 1 aliphatic rings. The Morgan fingerprint density at radius 3 is 2.75 bits per heavy atom. The topological polar surface area (TPSA) is 81.2 Å². The van der Waals surface area contributed by atoms with Crippen molar-refractivity contribution in [1.82, 2.24) is 15.2 Å². The van der Waals surface area contributed by atoms with Gasteiger partial charge in [0.15, 0.2) is 17.3 Å². The molecule has 0 unspecified atom stereocenters. The van der Waals surface area contributed by atoms with E-state index in [0.29, 0.717) is 17.5 Å². The predicted molar refractivity (Wildman–Crippen MR) is 93.1 cm³/mol. The summed E-state index contributed by atoms with van der Waals surface area (Å²) in [5, 5.41) is 14.2. The summed E-state index contributed by atoms with van der Waals surface area (Å²) in [6.45, 7) is 0.245. The number of hydrogen-bond acceptors (Lipinski definition) is 7. The van der Waals surface area contributed by atoms with E-state index in [2.05, 4.69) is 41.7 Å². The minimum absolute atomic E-state index is 0.245. The lowest BCUT2D eigenvalue weighted by atomic mass is 10.3. The molecule has 24 heavy (non-hydrogen) atoms. The first-order valence-electron chi connectivity index (χ1n) is 7.15. The molecule has 0 fully saturated rings. The molecular weight excluding hydrogens is 374 g/mol. The lowest BCUT2D eigenvalue weighted by Gasteiger charge is -2.08. The standard InChI is InChI=1S/C16H12BrN5O2/c17-10-2-1-3-11(6-10)20-16-21-15(8-18-22-16)19-12-4-5-13-14(7-12)24-9-23-13/h1-8H,9H2,(H2,19,20,21,22). The van der Waals surface area contributed by atoms with Crippen LogP contribution in [0.2, 0.25) is 0 Å². The van der Waals surface area contributed by atoms with Gasteiger partial charge in [-0.2, -0.15) is 10.1 Å². The van der Waals surface area contributed by atoms with Crippen LogP contribution in [0.15, 0.2) is 53.1 Å². The van der Waals surface area contributed by atoms with Crippen LogP contribution in [0.1, 0.15) is 0 Å². The molecule has 0 amide bonds. The molecule has 0 saturated heterocycles. The molecule has 3 aromatic rings. The molecule has 4 rings (SSSR count). The Morgan fingerprint density at radius 1 is 0.958 bits per heavy atom. The third-order valence-electron chi connectivity index (χ3n) is 3.28. The van der Waals surface area contributed by atoms with Gasteiger partial charge in [0.25, 0.3) is 0 Å². The van der Waals surface area contributed by atoms with Crippen LogP contribution in [0.3, 0.4) is 0 Å². The molecule has 1 aliphatic heterocycles. The van der Waals surface area contributed by atoms with Gasteiger partial charge in [0.1, 0.15) is 0 Å². The molecule has 0 aliphatic carbocycles. The number of benzene rings is 2. The zero-order valence-corrected chi connectivity index (χ0v) is 13.9. The van der Waals surface area contributed by atoms with Gasteiger partial charge in [0.2, 0.25) is 12.7 Å². The van der Waals surface area contributed by atoms with E-state index in [1.807, 2.05) is 42.5 Å². The van der Waals surface area contributed by atoms with E-state index in [-0.39, 0.29) is 6.79 Å². The number of nitrogens with one attached hydrogen (secondary N) is 2. The highest BCUT2D eigenvalue weighted by Gasteiger charge is 2.13. The Morgan fingerprint density at radius 2 is 1.83 bits per heavy atom. The normalized spacial score (nSPS) is 12.0. The van der Waals surface area contributed by atoms with Crippen LogP contribution in [0, 0.1) is 0 Å². The summed E-state index contributed by atoms with van der Waals surface area (Å²) in [6.07, 6.45) is 1.55. The monoisotopic (exact) mass is 385 g/mol. The fraction of sp³-hybridized carbons (Fsp3) is 0.0625. The number of rotatable bonds is 4. The van der Waals surface area contributed by atoms with Gasteiger partial charge in [0.05, 0.1) is 6.20 Å². The Bertz CT molecular complexity index is 890. The number of fused-ring (bicyclic) bond motifs is 1. The lowest BCUT2D eigenvalue weighted by Crippen LogP contribution is -2.02. The molecule has 0 bridgehead atoms. The van der Waals surface area contributed by atoms with Crippen LogP contribution in [0.4, 0.5) is 23.1 Å². The maximum atomic E-state index is 5.36. The number of hydrogen-bond donors (Lipinski definition) is 2. The average molecular weight is 386 g/mol. The lowest BCUT2D eigenvalue weighted by molar-refractivity contribution is 0.174. The van der Waals surface area contributed by atoms with E-state index in [4.69, 9.17) is 9.47 Å². The largest absolute Gasteiger partial charge is 0.454 e. The van der Waals surface area contributed by atoms with Crippen LogP contribution >= 0.6 is 15.9 Å². The molecule has 7 nitrogen and oxygen atoms in total. The van der Waals surface area contributed by atoms with E-state index in [1.165, 1.54) is 0 Å². The predicted octanol–water partition coefficient (Wildman–Crippen LogP) is 3.85. The van der Waals surface area contributed by atoms with Crippen LogP contribution in [0.5, 0.6) is 11.5 Å². The minimum Gasteiger partial charge on any atom is -0.454 e. The molecule has 0 atom stereocenters. The molecule has 8 heteroatoms. The smallest absolute Gasteiger partial charge is 0.249 e. The zero-order chi connectivity index (χ0) is 16.4. The van der Waals surface area contributed by atoms with Crippen LogP contribution < -0.4 is 20.1 Å². The van der Waals surface area contributed by atoms with Crippen LogP contribution in [-0.4, -0.2) is 22.0 Å². The molecule has 0 spiro atoms. The van der Waals surface area contributed by atoms with E-state index in [1.54, 1.807) is 6.20 Å². The molecule has 2 N–H and O–H groups in total. The average Bonchev–Trinajstić information content (AvgIpc) is 3.03. The van der Waals surface area contributed by atoms with Gasteiger partial charge in [-0.3, -0.25) is 0 Å².